The molecule has 0 bridgehead atoms. The molecule has 4 nitrogen and oxygen atoms in total. The topological polar surface area (TPSA) is 49.1 Å². The fourth-order valence-electron chi connectivity index (χ4n) is 1.40. The fraction of sp³-hybridized carbons (Fsp3) is 0.0909. The first kappa shape index (κ1) is 9.45. The second-order valence-electron chi connectivity index (χ2n) is 3.00. The van der Waals surface area contributed by atoms with Crippen molar-refractivity contribution in [2.75, 3.05) is 7.11 Å². The zero-order valence-electron chi connectivity index (χ0n) is 8.25. The van der Waals surface area contributed by atoms with Gasteiger partial charge >= 0.3 is 0 Å². The number of hydrogen-bond donors (Lipinski definition) is 0. The Morgan fingerprint density at radius 1 is 1.27 bits per heavy atom. The lowest BCUT2D eigenvalue weighted by atomic mass is 10.1. The first-order chi connectivity index (χ1) is 7.33. The Kier molecular flexibility index (Phi) is 2.49. The molecule has 0 radical (unpaired) electrons. The molecule has 0 saturated carbocycles. The molecular formula is C11H10N2O2. The van der Waals surface area contributed by atoms with Crippen LogP contribution in [0.2, 0.25) is 0 Å². The van der Waals surface area contributed by atoms with Gasteiger partial charge in [0.1, 0.15) is 0 Å². The monoisotopic (exact) mass is 202 g/mol. The molecule has 0 fully saturated rings. The van der Waals surface area contributed by atoms with Crippen molar-refractivity contribution < 1.29 is 9.47 Å². The highest BCUT2D eigenvalue weighted by Gasteiger charge is 2.12. The van der Waals surface area contributed by atoms with E-state index in [0.717, 1.165) is 5.56 Å². The molecular weight excluding hydrogens is 192 g/mol. The summed E-state index contributed by atoms with van der Waals surface area (Å²) in [6.45, 7) is 0. The molecule has 76 valence electrons. The average molecular weight is 202 g/mol. The van der Waals surface area contributed by atoms with Crippen molar-refractivity contribution in [1.82, 2.24) is 4.98 Å². The molecule has 4 heteroatoms. The summed E-state index contributed by atoms with van der Waals surface area (Å²) in [5.74, 6) is 0.471. The number of nitrogens with zero attached hydrogens (tertiary/aromatic N) is 2. The van der Waals surface area contributed by atoms with Crippen LogP contribution < -0.4 is 9.47 Å². The number of ether oxygens (including phenoxy) is 1. The van der Waals surface area contributed by atoms with Gasteiger partial charge in [0.05, 0.1) is 7.11 Å². The largest absolute Gasteiger partial charge is 0.710 e. The summed E-state index contributed by atoms with van der Waals surface area (Å²) in [5, 5.41) is 11.6. The lowest BCUT2D eigenvalue weighted by molar-refractivity contribution is -0.597. The van der Waals surface area contributed by atoms with Gasteiger partial charge in [0.25, 0.3) is 6.33 Å². The van der Waals surface area contributed by atoms with Crippen molar-refractivity contribution in [2.24, 2.45) is 0 Å². The number of benzene rings is 1. The molecule has 2 rings (SSSR count). The first-order valence-corrected chi connectivity index (χ1v) is 4.49. The molecule has 0 aliphatic carbocycles. The maximum atomic E-state index is 11.6. The Hall–Kier alpha value is -2.10. The molecule has 2 aromatic rings. The summed E-state index contributed by atoms with van der Waals surface area (Å²) in [6, 6.07) is 9.34. The summed E-state index contributed by atoms with van der Waals surface area (Å²) < 4.78 is 5.80. The van der Waals surface area contributed by atoms with Gasteiger partial charge in [-0.05, 0) is 0 Å². The van der Waals surface area contributed by atoms with Crippen molar-refractivity contribution in [3.8, 4) is 17.0 Å². The third-order valence-corrected chi connectivity index (χ3v) is 2.08. The van der Waals surface area contributed by atoms with E-state index in [0.29, 0.717) is 16.2 Å². The van der Waals surface area contributed by atoms with Crippen molar-refractivity contribution in [2.45, 2.75) is 0 Å². The number of hydrogen-bond acceptors (Lipinski definition) is 3. The third kappa shape index (κ3) is 1.74. The van der Waals surface area contributed by atoms with Gasteiger partial charge in [-0.15, -0.1) is 0 Å². The van der Waals surface area contributed by atoms with Gasteiger partial charge in [0.2, 0.25) is 5.75 Å². The summed E-state index contributed by atoms with van der Waals surface area (Å²) in [4.78, 5) is 3.77. The van der Waals surface area contributed by atoms with Gasteiger partial charge < -0.3 is 9.94 Å². The van der Waals surface area contributed by atoms with Crippen LogP contribution in [0.3, 0.4) is 0 Å². The summed E-state index contributed by atoms with van der Waals surface area (Å²) >= 11 is 0. The smallest absolute Gasteiger partial charge is 0.289 e. The Morgan fingerprint density at radius 3 is 2.67 bits per heavy atom. The maximum absolute atomic E-state index is 11.6. The molecule has 0 spiro atoms. The van der Waals surface area contributed by atoms with E-state index in [9.17, 15) is 5.21 Å². The van der Waals surface area contributed by atoms with Crippen molar-refractivity contribution >= 4 is 0 Å². The molecule has 1 aromatic carbocycles. The average Bonchev–Trinajstić information content (AvgIpc) is 2.29. The quantitative estimate of drug-likeness (QED) is 0.546. The second-order valence-corrected chi connectivity index (χ2v) is 3.00. The van der Waals surface area contributed by atoms with Gasteiger partial charge in [-0.1, -0.05) is 35.3 Å². The number of methoxy groups -OCH3 is 1. The van der Waals surface area contributed by atoms with E-state index in [1.54, 1.807) is 0 Å². The van der Waals surface area contributed by atoms with E-state index in [2.05, 4.69) is 4.98 Å². The predicted molar refractivity (Wildman–Crippen MR) is 55.2 cm³/mol. The molecule has 0 amide bonds. The Balaban J connectivity index is 2.61. The van der Waals surface area contributed by atoms with Gasteiger partial charge in [-0.3, -0.25) is 0 Å². The van der Waals surface area contributed by atoms with E-state index < -0.39 is 0 Å². The van der Waals surface area contributed by atoms with Crippen LogP contribution in [-0.2, 0) is 0 Å². The van der Waals surface area contributed by atoms with Crippen LogP contribution in [-0.4, -0.2) is 12.1 Å². The Morgan fingerprint density at radius 2 is 2.00 bits per heavy atom. The van der Waals surface area contributed by atoms with E-state index in [1.165, 1.54) is 19.6 Å². The van der Waals surface area contributed by atoms with Crippen LogP contribution >= 0.6 is 0 Å². The molecule has 1 aromatic heterocycles. The van der Waals surface area contributed by atoms with Crippen LogP contribution in [0, 0.1) is 5.21 Å². The summed E-state index contributed by atoms with van der Waals surface area (Å²) in [6.07, 6.45) is 2.74. The maximum Gasteiger partial charge on any atom is 0.289 e. The normalized spacial score (nSPS) is 9.93. The number of rotatable bonds is 2. The minimum absolute atomic E-state index is 0.471. The molecule has 15 heavy (non-hydrogen) atoms. The zero-order chi connectivity index (χ0) is 10.7. The van der Waals surface area contributed by atoms with E-state index in [4.69, 9.17) is 4.74 Å². The van der Waals surface area contributed by atoms with Crippen molar-refractivity contribution in [1.29, 1.82) is 0 Å². The molecule has 0 atom stereocenters. The third-order valence-electron chi connectivity index (χ3n) is 2.08. The zero-order valence-corrected chi connectivity index (χ0v) is 8.25. The molecule has 0 unspecified atom stereocenters. The Labute approximate surface area is 87.4 Å². The Bertz CT molecular complexity index is 457. The van der Waals surface area contributed by atoms with Crippen LogP contribution in [0.15, 0.2) is 42.9 Å². The second kappa shape index (κ2) is 3.96. The van der Waals surface area contributed by atoms with Gasteiger partial charge in [0, 0.05) is 5.56 Å². The first-order valence-electron chi connectivity index (χ1n) is 4.49. The summed E-state index contributed by atoms with van der Waals surface area (Å²) in [7, 11) is 1.52. The minimum Gasteiger partial charge on any atom is -0.710 e. The highest BCUT2D eigenvalue weighted by molar-refractivity contribution is 5.62. The molecule has 0 aliphatic rings. The summed E-state index contributed by atoms with van der Waals surface area (Å²) in [5.41, 5.74) is 1.29. The van der Waals surface area contributed by atoms with Crippen LogP contribution in [0.4, 0.5) is 0 Å². The van der Waals surface area contributed by atoms with E-state index in [1.807, 2.05) is 30.3 Å². The van der Waals surface area contributed by atoms with Gasteiger partial charge in [0.15, 0.2) is 11.9 Å². The van der Waals surface area contributed by atoms with E-state index >= 15 is 0 Å². The highest BCUT2D eigenvalue weighted by Crippen LogP contribution is 2.24. The van der Waals surface area contributed by atoms with Crippen molar-refractivity contribution in [3.63, 3.8) is 0 Å². The molecule has 0 N–H and O–H groups in total. The molecule has 1 heterocycles. The van der Waals surface area contributed by atoms with Crippen LogP contribution in [0.5, 0.6) is 5.75 Å². The standard InChI is InChI=1S/C11H10N2O2/c1-15-10-7-12-8-13(14)11(10)9-5-3-2-4-6-9/h2-8H,1H3. The van der Waals surface area contributed by atoms with E-state index in [-0.39, 0.29) is 0 Å². The van der Waals surface area contributed by atoms with Crippen molar-refractivity contribution in [3.05, 3.63) is 48.1 Å². The van der Waals surface area contributed by atoms with Crippen LogP contribution in [0.1, 0.15) is 0 Å². The van der Waals surface area contributed by atoms with Crippen LogP contribution in [0.25, 0.3) is 11.3 Å². The SMILES string of the molecule is COc1cnc[n+]([O-])c1-c1ccccc1. The predicted octanol–water partition coefficient (Wildman–Crippen LogP) is 1.39. The molecule has 0 saturated heterocycles. The lowest BCUT2D eigenvalue weighted by Crippen LogP contribution is -2.29. The highest BCUT2D eigenvalue weighted by atomic mass is 16.5. The fourth-order valence-corrected chi connectivity index (χ4v) is 1.40. The molecule has 0 aliphatic heterocycles. The minimum atomic E-state index is 0.471. The van der Waals surface area contributed by atoms with Gasteiger partial charge in [-0.2, -0.15) is 0 Å². The number of aromatic nitrogens is 2. The lowest BCUT2D eigenvalue weighted by Gasteiger charge is -2.10. The van der Waals surface area contributed by atoms with Gasteiger partial charge in [-0.25, -0.2) is 4.73 Å².